The Hall–Kier alpha value is -1.88. The van der Waals surface area contributed by atoms with Crippen molar-refractivity contribution in [2.75, 3.05) is 6.54 Å². The van der Waals surface area contributed by atoms with Gasteiger partial charge in [0.25, 0.3) is 0 Å². The van der Waals surface area contributed by atoms with Gasteiger partial charge in [-0.3, -0.25) is 9.69 Å². The lowest BCUT2D eigenvalue weighted by Gasteiger charge is -2.29. The second-order valence-electron chi connectivity index (χ2n) is 6.28. The third-order valence-electron chi connectivity index (χ3n) is 4.72. The molecular weight excluding hydrogens is 324 g/mol. The molecule has 4 nitrogen and oxygen atoms in total. The summed E-state index contributed by atoms with van der Waals surface area (Å²) >= 11 is 6.25. The van der Waals surface area contributed by atoms with Crippen LogP contribution in [0.4, 0.5) is 0 Å². The molecule has 0 spiro atoms. The minimum atomic E-state index is -0.507. The Morgan fingerprint density at radius 3 is 2.54 bits per heavy atom. The highest BCUT2D eigenvalue weighted by molar-refractivity contribution is 6.33. The van der Waals surface area contributed by atoms with Crippen LogP contribution in [0.2, 0.25) is 5.02 Å². The molecule has 1 amide bonds. The summed E-state index contributed by atoms with van der Waals surface area (Å²) < 4.78 is 0. The van der Waals surface area contributed by atoms with Gasteiger partial charge in [0.2, 0.25) is 5.91 Å². The van der Waals surface area contributed by atoms with Crippen LogP contribution in [0.1, 0.15) is 24.9 Å². The molecular formula is C19H21ClN2O2. The van der Waals surface area contributed by atoms with Crippen LogP contribution in [-0.2, 0) is 4.79 Å². The number of nitrogens with zero attached hydrogens (tertiary/aromatic N) is 1. The van der Waals surface area contributed by atoms with Crippen LogP contribution in [0.15, 0.2) is 48.5 Å². The molecule has 3 atom stereocenters. The molecule has 5 heteroatoms. The largest absolute Gasteiger partial charge is 0.392 e. The molecule has 1 fully saturated rings. The average molecular weight is 345 g/mol. The zero-order valence-electron chi connectivity index (χ0n) is 13.5. The fourth-order valence-corrected chi connectivity index (χ4v) is 3.62. The van der Waals surface area contributed by atoms with Crippen molar-refractivity contribution >= 4 is 17.5 Å². The van der Waals surface area contributed by atoms with Gasteiger partial charge in [-0.25, -0.2) is 0 Å². The van der Waals surface area contributed by atoms with Crippen molar-refractivity contribution in [1.29, 1.82) is 0 Å². The van der Waals surface area contributed by atoms with E-state index in [1.165, 1.54) is 0 Å². The molecule has 0 aliphatic carbocycles. The quantitative estimate of drug-likeness (QED) is 0.896. The number of β-amino-alcohol motifs (C(OH)–C–C–N with tert-alkyl or cyclic N) is 1. The van der Waals surface area contributed by atoms with Gasteiger partial charge < -0.3 is 10.8 Å². The molecule has 126 valence electrons. The van der Waals surface area contributed by atoms with E-state index in [9.17, 15) is 9.90 Å². The number of rotatable bonds is 4. The maximum atomic E-state index is 11.6. The summed E-state index contributed by atoms with van der Waals surface area (Å²) in [6.45, 7) is 2.49. The van der Waals surface area contributed by atoms with Crippen molar-refractivity contribution in [3.8, 4) is 11.1 Å². The SMILES string of the molecule is C[C@@H](c1ccc(-c2ccccc2Cl)cc1)N1CC(O)CC1C(N)=O. The van der Waals surface area contributed by atoms with E-state index in [0.29, 0.717) is 13.0 Å². The van der Waals surface area contributed by atoms with Crippen LogP contribution in [0.3, 0.4) is 0 Å². The Bertz CT molecular complexity index is 732. The first-order valence-corrected chi connectivity index (χ1v) is 8.43. The Morgan fingerprint density at radius 1 is 1.25 bits per heavy atom. The third-order valence-corrected chi connectivity index (χ3v) is 5.05. The molecule has 0 bridgehead atoms. The molecule has 3 rings (SSSR count). The van der Waals surface area contributed by atoms with E-state index in [4.69, 9.17) is 17.3 Å². The number of benzene rings is 2. The number of primary amides is 1. The van der Waals surface area contributed by atoms with Crippen LogP contribution in [0.5, 0.6) is 0 Å². The van der Waals surface area contributed by atoms with Crippen LogP contribution >= 0.6 is 11.6 Å². The lowest BCUT2D eigenvalue weighted by atomic mass is 10.00. The minimum absolute atomic E-state index is 0.0000507. The Kier molecular flexibility index (Phi) is 4.90. The normalized spacial score (nSPS) is 22.5. The van der Waals surface area contributed by atoms with Crippen LogP contribution in [0, 0.1) is 0 Å². The van der Waals surface area contributed by atoms with Crippen molar-refractivity contribution in [2.45, 2.75) is 31.5 Å². The monoisotopic (exact) mass is 344 g/mol. The van der Waals surface area contributed by atoms with Crippen LogP contribution in [0.25, 0.3) is 11.1 Å². The first-order valence-electron chi connectivity index (χ1n) is 8.05. The van der Waals surface area contributed by atoms with Gasteiger partial charge in [0.05, 0.1) is 12.1 Å². The second-order valence-corrected chi connectivity index (χ2v) is 6.69. The molecule has 1 aliphatic rings. The number of aliphatic hydroxyl groups excluding tert-OH is 1. The summed E-state index contributed by atoms with van der Waals surface area (Å²) in [6.07, 6.45) is -0.107. The summed E-state index contributed by atoms with van der Waals surface area (Å²) in [7, 11) is 0. The van der Waals surface area contributed by atoms with Gasteiger partial charge in [-0.05, 0) is 30.5 Å². The van der Waals surface area contributed by atoms with Gasteiger partial charge in [0, 0.05) is 23.2 Å². The van der Waals surface area contributed by atoms with Gasteiger partial charge in [-0.15, -0.1) is 0 Å². The van der Waals surface area contributed by atoms with Crippen LogP contribution < -0.4 is 5.73 Å². The first kappa shape index (κ1) is 17.0. The fourth-order valence-electron chi connectivity index (χ4n) is 3.37. The van der Waals surface area contributed by atoms with Crippen molar-refractivity contribution in [3.63, 3.8) is 0 Å². The smallest absolute Gasteiger partial charge is 0.234 e. The molecule has 24 heavy (non-hydrogen) atoms. The molecule has 2 aromatic carbocycles. The zero-order valence-corrected chi connectivity index (χ0v) is 14.3. The second kappa shape index (κ2) is 6.93. The predicted molar refractivity (Wildman–Crippen MR) is 95.6 cm³/mol. The van der Waals surface area contributed by atoms with E-state index in [0.717, 1.165) is 21.7 Å². The molecule has 0 saturated carbocycles. The van der Waals surface area contributed by atoms with Crippen molar-refractivity contribution in [2.24, 2.45) is 5.73 Å². The number of hydrogen-bond donors (Lipinski definition) is 2. The van der Waals surface area contributed by atoms with Crippen molar-refractivity contribution in [1.82, 2.24) is 4.90 Å². The number of nitrogens with two attached hydrogens (primary N) is 1. The number of hydrogen-bond acceptors (Lipinski definition) is 3. The summed E-state index contributed by atoms with van der Waals surface area (Å²) in [6, 6.07) is 15.4. The molecule has 1 heterocycles. The van der Waals surface area contributed by atoms with E-state index in [2.05, 4.69) is 0 Å². The Morgan fingerprint density at radius 2 is 1.92 bits per heavy atom. The number of carbonyl (C=O) groups is 1. The third kappa shape index (κ3) is 3.31. The summed E-state index contributed by atoms with van der Waals surface area (Å²) in [5.74, 6) is -0.383. The molecule has 2 unspecified atom stereocenters. The molecule has 0 aromatic heterocycles. The van der Waals surface area contributed by atoms with Crippen molar-refractivity contribution < 1.29 is 9.90 Å². The molecule has 1 saturated heterocycles. The van der Waals surface area contributed by atoms with E-state index in [1.54, 1.807) is 0 Å². The first-order chi connectivity index (χ1) is 11.5. The number of aliphatic hydroxyl groups is 1. The Balaban J connectivity index is 1.83. The number of likely N-dealkylation sites (tertiary alicyclic amines) is 1. The van der Waals surface area contributed by atoms with E-state index >= 15 is 0 Å². The Labute approximate surface area is 146 Å². The van der Waals surface area contributed by atoms with E-state index < -0.39 is 12.1 Å². The number of halogens is 1. The highest BCUT2D eigenvalue weighted by atomic mass is 35.5. The highest BCUT2D eigenvalue weighted by Gasteiger charge is 2.37. The minimum Gasteiger partial charge on any atom is -0.392 e. The standard InChI is InChI=1S/C19H21ClN2O2/c1-12(22-11-15(23)10-18(22)19(21)24)13-6-8-14(9-7-13)16-4-2-3-5-17(16)20/h2-9,12,15,18,23H,10-11H2,1H3,(H2,21,24)/t12-,15?,18?/m0/s1. The van der Waals surface area contributed by atoms with Gasteiger partial charge in [-0.2, -0.15) is 0 Å². The van der Waals surface area contributed by atoms with Crippen molar-refractivity contribution in [3.05, 3.63) is 59.1 Å². The number of carbonyl (C=O) groups excluding carboxylic acids is 1. The molecule has 3 N–H and O–H groups in total. The topological polar surface area (TPSA) is 66.6 Å². The van der Waals surface area contributed by atoms with Gasteiger partial charge >= 0.3 is 0 Å². The summed E-state index contributed by atoms with van der Waals surface area (Å²) in [5, 5.41) is 10.6. The van der Waals surface area contributed by atoms with E-state index in [-0.39, 0.29) is 11.9 Å². The summed E-state index contributed by atoms with van der Waals surface area (Å²) in [4.78, 5) is 13.6. The fraction of sp³-hybridized carbons (Fsp3) is 0.316. The van der Waals surface area contributed by atoms with Gasteiger partial charge in [0.15, 0.2) is 0 Å². The molecule has 1 aliphatic heterocycles. The maximum Gasteiger partial charge on any atom is 0.234 e. The van der Waals surface area contributed by atoms with Crippen LogP contribution in [-0.4, -0.2) is 34.6 Å². The van der Waals surface area contributed by atoms with Gasteiger partial charge in [0.1, 0.15) is 0 Å². The maximum absolute atomic E-state index is 11.6. The summed E-state index contributed by atoms with van der Waals surface area (Å²) in [5.41, 5.74) is 8.59. The van der Waals surface area contributed by atoms with Gasteiger partial charge in [-0.1, -0.05) is 54.1 Å². The lowest BCUT2D eigenvalue weighted by Crippen LogP contribution is -2.41. The highest BCUT2D eigenvalue weighted by Crippen LogP contribution is 2.32. The molecule has 2 aromatic rings. The average Bonchev–Trinajstić information content (AvgIpc) is 2.97. The zero-order chi connectivity index (χ0) is 17.3. The predicted octanol–water partition coefficient (Wildman–Crippen LogP) is 2.99. The number of amides is 1. The van der Waals surface area contributed by atoms with E-state index in [1.807, 2.05) is 60.4 Å². The molecule has 0 radical (unpaired) electrons. The lowest BCUT2D eigenvalue weighted by molar-refractivity contribution is -0.122.